The Labute approximate surface area is 149 Å². The molecule has 2 aromatic heterocycles. The summed E-state index contributed by atoms with van der Waals surface area (Å²) in [7, 11) is 0. The monoisotopic (exact) mass is 402 g/mol. The average Bonchev–Trinajstić information content (AvgIpc) is 3.24. The zero-order chi connectivity index (χ0) is 16.5. The van der Waals surface area contributed by atoms with Crippen LogP contribution in [-0.2, 0) is 6.54 Å². The lowest BCUT2D eigenvalue weighted by molar-refractivity contribution is 0.620. The Morgan fingerprint density at radius 2 is 2.12 bits per heavy atom. The molecule has 0 spiro atoms. The van der Waals surface area contributed by atoms with Gasteiger partial charge in [0.25, 0.3) is 0 Å². The lowest BCUT2D eigenvalue weighted by atomic mass is 10.2. The maximum Gasteiger partial charge on any atom is 0.201 e. The van der Waals surface area contributed by atoms with E-state index in [1.807, 2.05) is 23.6 Å². The van der Waals surface area contributed by atoms with E-state index in [9.17, 15) is 4.39 Å². The van der Waals surface area contributed by atoms with Gasteiger partial charge in [0.15, 0.2) is 0 Å². The van der Waals surface area contributed by atoms with Gasteiger partial charge in [-0.05, 0) is 51.8 Å². The molecule has 4 nitrogen and oxygen atoms in total. The van der Waals surface area contributed by atoms with Crippen LogP contribution in [0.5, 0.6) is 0 Å². The van der Waals surface area contributed by atoms with Crippen LogP contribution in [0.15, 0.2) is 52.4 Å². The SMILES string of the molecule is Fc1ccc(CNc2nc3ccc(-c4nccs4)cc3[nH]2)cc1Br. The predicted octanol–water partition coefficient (Wildman–Crippen LogP) is 5.20. The summed E-state index contributed by atoms with van der Waals surface area (Å²) in [4.78, 5) is 12.1. The second kappa shape index (κ2) is 6.33. The number of aromatic amines is 1. The van der Waals surface area contributed by atoms with Crippen LogP contribution in [0.4, 0.5) is 10.3 Å². The third-order valence-corrected chi connectivity index (χ3v) is 5.03. The standard InChI is InChI=1S/C17H12BrFN4S/c18-12-7-10(1-3-13(12)19)9-21-17-22-14-4-2-11(8-15(14)23-17)16-20-5-6-24-16/h1-8H,9H2,(H2,21,22,23). The molecule has 7 heteroatoms. The number of anilines is 1. The van der Waals surface area contributed by atoms with Crippen molar-refractivity contribution in [2.75, 3.05) is 5.32 Å². The van der Waals surface area contributed by atoms with Crippen molar-refractivity contribution in [3.05, 3.63) is 63.8 Å². The second-order valence-electron chi connectivity index (χ2n) is 5.26. The van der Waals surface area contributed by atoms with Crippen LogP contribution in [0.2, 0.25) is 0 Å². The molecule has 4 aromatic rings. The van der Waals surface area contributed by atoms with Crippen LogP contribution in [0.3, 0.4) is 0 Å². The Balaban J connectivity index is 1.55. The number of hydrogen-bond acceptors (Lipinski definition) is 4. The highest BCUT2D eigenvalue weighted by Gasteiger charge is 2.07. The molecule has 0 saturated carbocycles. The van der Waals surface area contributed by atoms with Gasteiger partial charge in [0.2, 0.25) is 5.95 Å². The summed E-state index contributed by atoms with van der Waals surface area (Å²) in [5.41, 5.74) is 3.87. The van der Waals surface area contributed by atoms with Crippen LogP contribution in [-0.4, -0.2) is 15.0 Å². The van der Waals surface area contributed by atoms with E-state index in [-0.39, 0.29) is 5.82 Å². The molecule has 0 saturated heterocycles. The summed E-state index contributed by atoms with van der Waals surface area (Å²) in [5, 5.41) is 6.17. The van der Waals surface area contributed by atoms with Gasteiger partial charge in [-0.1, -0.05) is 6.07 Å². The van der Waals surface area contributed by atoms with Gasteiger partial charge in [-0.3, -0.25) is 0 Å². The number of fused-ring (bicyclic) bond motifs is 1. The third-order valence-electron chi connectivity index (χ3n) is 3.61. The van der Waals surface area contributed by atoms with Crippen LogP contribution >= 0.6 is 27.3 Å². The van der Waals surface area contributed by atoms with Crippen molar-refractivity contribution in [1.82, 2.24) is 15.0 Å². The molecular weight excluding hydrogens is 391 g/mol. The molecule has 0 radical (unpaired) electrons. The Kier molecular flexibility index (Phi) is 4.03. The van der Waals surface area contributed by atoms with Gasteiger partial charge >= 0.3 is 0 Å². The number of hydrogen-bond donors (Lipinski definition) is 2. The molecule has 0 unspecified atom stereocenters. The minimum atomic E-state index is -0.266. The Morgan fingerprint density at radius 1 is 1.21 bits per heavy atom. The first-order chi connectivity index (χ1) is 11.7. The molecule has 2 N–H and O–H groups in total. The summed E-state index contributed by atoms with van der Waals surface area (Å²) in [6.07, 6.45) is 1.80. The van der Waals surface area contributed by atoms with E-state index in [4.69, 9.17) is 0 Å². The number of benzene rings is 2. The number of H-pyrrole nitrogens is 1. The van der Waals surface area contributed by atoms with E-state index in [2.05, 4.69) is 36.2 Å². The second-order valence-corrected chi connectivity index (χ2v) is 7.01. The van der Waals surface area contributed by atoms with Crippen molar-refractivity contribution >= 4 is 44.2 Å². The lowest BCUT2D eigenvalue weighted by Crippen LogP contribution is -2.01. The van der Waals surface area contributed by atoms with Crippen molar-refractivity contribution in [2.45, 2.75) is 6.54 Å². The molecular formula is C17H12BrFN4S. The molecule has 0 aliphatic rings. The maximum absolute atomic E-state index is 13.3. The fourth-order valence-corrected chi connectivity index (χ4v) is 3.49. The van der Waals surface area contributed by atoms with E-state index >= 15 is 0 Å². The molecule has 0 bridgehead atoms. The number of nitrogens with one attached hydrogen (secondary N) is 2. The molecule has 0 fully saturated rings. The Bertz CT molecular complexity index is 997. The average molecular weight is 403 g/mol. The normalized spacial score (nSPS) is 11.1. The van der Waals surface area contributed by atoms with Gasteiger partial charge in [-0.15, -0.1) is 11.3 Å². The van der Waals surface area contributed by atoms with Gasteiger partial charge in [0, 0.05) is 23.7 Å². The third kappa shape index (κ3) is 3.05. The summed E-state index contributed by atoms with van der Waals surface area (Å²) in [6, 6.07) is 11.0. The fourth-order valence-electron chi connectivity index (χ4n) is 2.43. The summed E-state index contributed by atoms with van der Waals surface area (Å²) in [5.74, 6) is 0.416. The minimum Gasteiger partial charge on any atom is -0.352 e. The summed E-state index contributed by atoms with van der Waals surface area (Å²) < 4.78 is 13.7. The van der Waals surface area contributed by atoms with Gasteiger partial charge in [0.05, 0.1) is 15.5 Å². The Hall–Kier alpha value is -2.25. The highest BCUT2D eigenvalue weighted by atomic mass is 79.9. The lowest BCUT2D eigenvalue weighted by Gasteiger charge is -2.04. The topological polar surface area (TPSA) is 53.6 Å². The number of thiazole rings is 1. The van der Waals surface area contributed by atoms with Crippen molar-refractivity contribution < 1.29 is 4.39 Å². The number of imidazole rings is 1. The zero-order valence-corrected chi connectivity index (χ0v) is 14.8. The molecule has 4 rings (SSSR count). The number of rotatable bonds is 4. The van der Waals surface area contributed by atoms with E-state index in [1.54, 1.807) is 29.7 Å². The van der Waals surface area contributed by atoms with Crippen molar-refractivity contribution in [1.29, 1.82) is 0 Å². The molecule has 0 atom stereocenters. The number of halogens is 2. The number of nitrogens with zero attached hydrogens (tertiary/aromatic N) is 2. The van der Waals surface area contributed by atoms with Crippen LogP contribution in [0, 0.1) is 5.82 Å². The quantitative estimate of drug-likeness (QED) is 0.493. The largest absolute Gasteiger partial charge is 0.352 e. The molecule has 0 amide bonds. The van der Waals surface area contributed by atoms with Gasteiger partial charge in [0.1, 0.15) is 10.8 Å². The molecule has 24 heavy (non-hydrogen) atoms. The Morgan fingerprint density at radius 3 is 2.92 bits per heavy atom. The van der Waals surface area contributed by atoms with Crippen molar-refractivity contribution in [3.8, 4) is 10.6 Å². The fraction of sp³-hybridized carbons (Fsp3) is 0.0588. The highest BCUT2D eigenvalue weighted by Crippen LogP contribution is 2.26. The van der Waals surface area contributed by atoms with Crippen molar-refractivity contribution in [3.63, 3.8) is 0 Å². The van der Waals surface area contributed by atoms with E-state index in [1.165, 1.54) is 6.07 Å². The molecule has 120 valence electrons. The maximum atomic E-state index is 13.3. The van der Waals surface area contributed by atoms with Gasteiger partial charge < -0.3 is 10.3 Å². The smallest absolute Gasteiger partial charge is 0.201 e. The first-order valence-electron chi connectivity index (χ1n) is 7.26. The van der Waals surface area contributed by atoms with E-state index in [0.29, 0.717) is 17.0 Å². The van der Waals surface area contributed by atoms with E-state index < -0.39 is 0 Å². The van der Waals surface area contributed by atoms with Crippen LogP contribution in [0.1, 0.15) is 5.56 Å². The number of aromatic nitrogens is 3. The highest BCUT2D eigenvalue weighted by molar-refractivity contribution is 9.10. The minimum absolute atomic E-state index is 0.266. The summed E-state index contributed by atoms with van der Waals surface area (Å²) >= 11 is 4.80. The van der Waals surface area contributed by atoms with Crippen molar-refractivity contribution in [2.24, 2.45) is 0 Å². The molecule has 2 aromatic carbocycles. The molecule has 0 aliphatic heterocycles. The molecule has 2 heterocycles. The first kappa shape index (κ1) is 15.3. The van der Waals surface area contributed by atoms with Gasteiger partial charge in [-0.2, -0.15) is 0 Å². The zero-order valence-electron chi connectivity index (χ0n) is 12.4. The van der Waals surface area contributed by atoms with Crippen LogP contribution < -0.4 is 5.32 Å². The van der Waals surface area contributed by atoms with Crippen LogP contribution in [0.25, 0.3) is 21.6 Å². The van der Waals surface area contributed by atoms with Gasteiger partial charge in [-0.25, -0.2) is 14.4 Å². The molecule has 0 aliphatic carbocycles. The summed E-state index contributed by atoms with van der Waals surface area (Å²) in [6.45, 7) is 0.554. The first-order valence-corrected chi connectivity index (χ1v) is 8.94. The predicted molar refractivity (Wildman–Crippen MR) is 98.6 cm³/mol. The van der Waals surface area contributed by atoms with E-state index in [0.717, 1.165) is 27.2 Å².